The highest BCUT2D eigenvalue weighted by Gasteiger charge is 2.29. The number of amides is 1. The molecule has 0 atom stereocenters. The van der Waals surface area contributed by atoms with Gasteiger partial charge in [-0.3, -0.25) is 4.79 Å². The summed E-state index contributed by atoms with van der Waals surface area (Å²) in [5, 5.41) is 6.28. The molecule has 0 unspecified atom stereocenters. The number of piperidine rings is 1. The molecule has 4 nitrogen and oxygen atoms in total. The minimum Gasteiger partial charge on any atom is -0.352 e. The number of likely N-dealkylation sites (tertiary alicyclic amines) is 1. The van der Waals surface area contributed by atoms with E-state index in [0.29, 0.717) is 0 Å². The predicted octanol–water partition coefficient (Wildman–Crippen LogP) is 0.754. The summed E-state index contributed by atoms with van der Waals surface area (Å²) in [4.78, 5) is 14.4. The molecule has 4 heteroatoms. The van der Waals surface area contributed by atoms with Gasteiger partial charge in [-0.1, -0.05) is 6.92 Å². The average molecular weight is 251 g/mol. The highest BCUT2D eigenvalue weighted by Crippen LogP contribution is 2.29. The van der Waals surface area contributed by atoms with Gasteiger partial charge in [0.2, 0.25) is 5.91 Å². The molecule has 0 aromatic heterocycles. The standard InChI is InChI=1S/C14H25N3O/c1-11(12-8-15-9-12)13(18)16-10-14(2)4-6-17(3)7-5-14/h15H,4-10H2,1-3H3,(H,16,18). The lowest BCUT2D eigenvalue weighted by Crippen LogP contribution is -2.44. The smallest absolute Gasteiger partial charge is 0.246 e. The Bertz CT molecular complexity index is 348. The molecule has 2 aliphatic rings. The van der Waals surface area contributed by atoms with Crippen LogP contribution in [0.3, 0.4) is 0 Å². The van der Waals surface area contributed by atoms with E-state index in [2.05, 4.69) is 29.5 Å². The van der Waals surface area contributed by atoms with Crippen molar-refractivity contribution < 1.29 is 4.79 Å². The van der Waals surface area contributed by atoms with Gasteiger partial charge in [0.05, 0.1) is 0 Å². The van der Waals surface area contributed by atoms with Gasteiger partial charge < -0.3 is 15.5 Å². The summed E-state index contributed by atoms with van der Waals surface area (Å²) < 4.78 is 0. The van der Waals surface area contributed by atoms with Crippen molar-refractivity contribution >= 4 is 5.91 Å². The Kier molecular flexibility index (Phi) is 4.07. The van der Waals surface area contributed by atoms with Crippen molar-refractivity contribution in [1.29, 1.82) is 0 Å². The quantitative estimate of drug-likeness (QED) is 0.728. The first-order valence-electron chi connectivity index (χ1n) is 6.86. The molecule has 18 heavy (non-hydrogen) atoms. The average Bonchev–Trinajstić information content (AvgIpc) is 2.28. The zero-order chi connectivity index (χ0) is 13.2. The molecule has 0 aromatic carbocycles. The summed E-state index contributed by atoms with van der Waals surface area (Å²) in [5.41, 5.74) is 2.43. The molecular formula is C14H25N3O. The van der Waals surface area contributed by atoms with Crippen molar-refractivity contribution in [3.05, 3.63) is 11.1 Å². The fourth-order valence-electron chi connectivity index (χ4n) is 2.44. The number of carbonyl (C=O) groups excluding carboxylic acids is 1. The fraction of sp³-hybridized carbons (Fsp3) is 0.786. The Balaban J connectivity index is 1.82. The second kappa shape index (κ2) is 5.41. The predicted molar refractivity (Wildman–Crippen MR) is 73.4 cm³/mol. The molecule has 0 saturated carbocycles. The maximum absolute atomic E-state index is 12.0. The monoisotopic (exact) mass is 251 g/mol. The zero-order valence-corrected chi connectivity index (χ0v) is 11.8. The van der Waals surface area contributed by atoms with E-state index in [9.17, 15) is 4.79 Å². The van der Waals surface area contributed by atoms with Crippen molar-refractivity contribution in [1.82, 2.24) is 15.5 Å². The number of nitrogens with one attached hydrogen (secondary N) is 2. The van der Waals surface area contributed by atoms with Crippen LogP contribution in [0.25, 0.3) is 0 Å². The van der Waals surface area contributed by atoms with Crippen LogP contribution in [0.1, 0.15) is 26.7 Å². The van der Waals surface area contributed by atoms with E-state index in [1.807, 2.05) is 6.92 Å². The molecule has 1 amide bonds. The van der Waals surface area contributed by atoms with Crippen LogP contribution in [-0.4, -0.2) is 50.6 Å². The van der Waals surface area contributed by atoms with Gasteiger partial charge in [-0.05, 0) is 50.9 Å². The van der Waals surface area contributed by atoms with E-state index >= 15 is 0 Å². The van der Waals surface area contributed by atoms with Gasteiger partial charge in [-0.15, -0.1) is 0 Å². The molecule has 2 rings (SSSR count). The van der Waals surface area contributed by atoms with Crippen LogP contribution in [0.4, 0.5) is 0 Å². The summed E-state index contributed by atoms with van der Waals surface area (Å²) in [6.07, 6.45) is 2.34. The summed E-state index contributed by atoms with van der Waals surface area (Å²) in [7, 11) is 2.16. The van der Waals surface area contributed by atoms with Gasteiger partial charge in [0, 0.05) is 25.2 Å². The van der Waals surface area contributed by atoms with Gasteiger partial charge in [0.15, 0.2) is 0 Å². The lowest BCUT2D eigenvalue weighted by atomic mass is 9.80. The summed E-state index contributed by atoms with van der Waals surface area (Å²) >= 11 is 0. The summed E-state index contributed by atoms with van der Waals surface area (Å²) in [6.45, 7) is 9.04. The number of nitrogens with zero attached hydrogens (tertiary/aromatic N) is 1. The Labute approximate surface area is 110 Å². The van der Waals surface area contributed by atoms with Crippen molar-refractivity contribution in [2.75, 3.05) is 39.8 Å². The lowest BCUT2D eigenvalue weighted by molar-refractivity contribution is -0.118. The van der Waals surface area contributed by atoms with Crippen molar-refractivity contribution in [3.8, 4) is 0 Å². The normalized spacial score (nSPS) is 23.4. The van der Waals surface area contributed by atoms with E-state index in [4.69, 9.17) is 0 Å². The van der Waals surface area contributed by atoms with E-state index in [-0.39, 0.29) is 11.3 Å². The van der Waals surface area contributed by atoms with Gasteiger partial charge >= 0.3 is 0 Å². The molecule has 2 fully saturated rings. The van der Waals surface area contributed by atoms with Gasteiger partial charge in [0.25, 0.3) is 0 Å². The van der Waals surface area contributed by atoms with Gasteiger partial charge in [-0.2, -0.15) is 0 Å². The first-order valence-corrected chi connectivity index (χ1v) is 6.86. The second-order valence-electron chi connectivity index (χ2n) is 6.13. The second-order valence-corrected chi connectivity index (χ2v) is 6.13. The van der Waals surface area contributed by atoms with Crippen LogP contribution < -0.4 is 10.6 Å². The first kappa shape index (κ1) is 13.6. The molecule has 0 bridgehead atoms. The number of carbonyl (C=O) groups is 1. The summed E-state index contributed by atoms with van der Waals surface area (Å²) in [6, 6.07) is 0. The molecule has 0 aliphatic carbocycles. The third-order valence-corrected chi connectivity index (χ3v) is 4.42. The third-order valence-electron chi connectivity index (χ3n) is 4.42. The fourth-order valence-corrected chi connectivity index (χ4v) is 2.44. The molecule has 0 spiro atoms. The largest absolute Gasteiger partial charge is 0.352 e. The van der Waals surface area contributed by atoms with Crippen LogP contribution in [0.5, 0.6) is 0 Å². The first-order chi connectivity index (χ1) is 8.50. The molecule has 2 aliphatic heterocycles. The molecular weight excluding hydrogens is 226 g/mol. The third kappa shape index (κ3) is 3.12. The van der Waals surface area contributed by atoms with Crippen LogP contribution >= 0.6 is 0 Å². The number of hydrogen-bond acceptors (Lipinski definition) is 3. The van der Waals surface area contributed by atoms with Crippen molar-refractivity contribution in [3.63, 3.8) is 0 Å². The maximum atomic E-state index is 12.0. The Morgan fingerprint density at radius 1 is 1.39 bits per heavy atom. The number of hydrogen-bond donors (Lipinski definition) is 2. The molecule has 2 saturated heterocycles. The summed E-state index contributed by atoms with van der Waals surface area (Å²) in [5.74, 6) is 0.117. The van der Waals surface area contributed by atoms with E-state index in [1.54, 1.807) is 0 Å². The Morgan fingerprint density at radius 3 is 2.50 bits per heavy atom. The highest BCUT2D eigenvalue weighted by molar-refractivity contribution is 5.94. The van der Waals surface area contributed by atoms with E-state index in [1.165, 1.54) is 18.4 Å². The lowest BCUT2D eigenvalue weighted by Gasteiger charge is -2.38. The van der Waals surface area contributed by atoms with Crippen molar-refractivity contribution in [2.24, 2.45) is 5.41 Å². The highest BCUT2D eigenvalue weighted by atomic mass is 16.1. The minimum absolute atomic E-state index is 0.117. The van der Waals surface area contributed by atoms with Crippen LogP contribution in [0.15, 0.2) is 11.1 Å². The molecule has 0 radical (unpaired) electrons. The molecule has 2 heterocycles. The molecule has 0 aromatic rings. The topological polar surface area (TPSA) is 44.4 Å². The maximum Gasteiger partial charge on any atom is 0.246 e. The SMILES string of the molecule is CC(C(=O)NCC1(C)CCN(C)CC1)=C1CNC1. The zero-order valence-electron chi connectivity index (χ0n) is 11.8. The Hall–Kier alpha value is -0.870. The van der Waals surface area contributed by atoms with E-state index < -0.39 is 0 Å². The minimum atomic E-state index is 0.117. The number of rotatable bonds is 3. The van der Waals surface area contributed by atoms with Crippen LogP contribution in [-0.2, 0) is 4.79 Å². The molecule has 2 N–H and O–H groups in total. The van der Waals surface area contributed by atoms with Crippen LogP contribution in [0, 0.1) is 5.41 Å². The Morgan fingerprint density at radius 2 is 2.00 bits per heavy atom. The van der Waals surface area contributed by atoms with Gasteiger partial charge in [-0.25, -0.2) is 0 Å². The van der Waals surface area contributed by atoms with Crippen LogP contribution in [0.2, 0.25) is 0 Å². The molecule has 102 valence electrons. The van der Waals surface area contributed by atoms with Crippen molar-refractivity contribution in [2.45, 2.75) is 26.7 Å². The van der Waals surface area contributed by atoms with E-state index in [0.717, 1.165) is 38.3 Å². The van der Waals surface area contributed by atoms with Gasteiger partial charge in [0.1, 0.15) is 0 Å².